The summed E-state index contributed by atoms with van der Waals surface area (Å²) in [5.41, 5.74) is 2.18. The second kappa shape index (κ2) is 8.04. The Morgan fingerprint density at radius 1 is 0.593 bits per heavy atom. The summed E-state index contributed by atoms with van der Waals surface area (Å²) >= 11 is 0. The monoisotopic (exact) mass is 370 g/mol. The fraction of sp³-hybridized carbons (Fsp3) is 0. The third-order valence-electron chi connectivity index (χ3n) is 3.80. The Balaban J connectivity index is 0.000000376. The first-order valence-corrected chi connectivity index (χ1v) is 8.26. The highest BCUT2D eigenvalue weighted by molar-refractivity contribution is 6.50. The summed E-state index contributed by atoms with van der Waals surface area (Å²) in [5.74, 6) is 1.80. The highest BCUT2D eigenvalue weighted by Gasteiger charge is 2.22. The van der Waals surface area contributed by atoms with Crippen molar-refractivity contribution in [2.75, 3.05) is 0 Å². The largest absolute Gasteiger partial charge is 0.673 e. The van der Waals surface area contributed by atoms with Crippen LogP contribution in [0.5, 0.6) is 0 Å². The van der Waals surface area contributed by atoms with Crippen molar-refractivity contribution in [3.05, 3.63) is 91.0 Å². The van der Waals surface area contributed by atoms with Crippen LogP contribution in [-0.2, 0) is 0 Å². The van der Waals surface area contributed by atoms with Crippen LogP contribution in [-0.4, -0.2) is 7.25 Å². The molecular weight excluding hydrogens is 355 g/mol. The van der Waals surface area contributed by atoms with E-state index in [1.54, 1.807) is 0 Å². The van der Waals surface area contributed by atoms with Gasteiger partial charge < -0.3 is 17.3 Å². The SMILES string of the molecule is F[B-](F)(F)F.c1ccc(-c2cc3ccccc3c(-c3ccccc3)[o+]2)cc1. The van der Waals surface area contributed by atoms with Gasteiger partial charge in [-0.15, -0.1) is 0 Å². The van der Waals surface area contributed by atoms with E-state index in [0.717, 1.165) is 28.0 Å². The van der Waals surface area contributed by atoms with E-state index in [1.165, 1.54) is 5.39 Å². The number of fused-ring (bicyclic) bond motifs is 1. The second-order valence-corrected chi connectivity index (χ2v) is 5.75. The Labute approximate surface area is 154 Å². The maximum Gasteiger partial charge on any atom is 0.673 e. The lowest BCUT2D eigenvalue weighted by atomic mass is 10.0. The zero-order valence-corrected chi connectivity index (χ0v) is 14.2. The summed E-state index contributed by atoms with van der Waals surface area (Å²) in [6.45, 7) is 0. The highest BCUT2D eigenvalue weighted by Crippen LogP contribution is 2.33. The van der Waals surface area contributed by atoms with E-state index in [4.69, 9.17) is 4.42 Å². The lowest BCUT2D eigenvalue weighted by Gasteiger charge is -2.00. The van der Waals surface area contributed by atoms with Crippen LogP contribution in [0.15, 0.2) is 95.4 Å². The first-order chi connectivity index (χ1) is 12.9. The first kappa shape index (κ1) is 18.6. The molecule has 6 heteroatoms. The molecule has 27 heavy (non-hydrogen) atoms. The van der Waals surface area contributed by atoms with Crippen LogP contribution >= 0.6 is 0 Å². The Kier molecular flexibility index (Phi) is 5.55. The zero-order valence-electron chi connectivity index (χ0n) is 14.2. The van der Waals surface area contributed by atoms with Crippen molar-refractivity contribution in [3.63, 3.8) is 0 Å². The molecule has 0 N–H and O–H groups in total. The zero-order chi connectivity index (χ0) is 19.3. The smallest absolute Gasteiger partial charge is 0.418 e. The summed E-state index contributed by atoms with van der Waals surface area (Å²) in [6.07, 6.45) is 0. The number of benzene rings is 3. The van der Waals surface area contributed by atoms with Gasteiger partial charge >= 0.3 is 18.8 Å². The van der Waals surface area contributed by atoms with E-state index in [9.17, 15) is 17.3 Å². The highest BCUT2D eigenvalue weighted by atomic mass is 19.5. The van der Waals surface area contributed by atoms with Gasteiger partial charge in [0.2, 0.25) is 0 Å². The quantitative estimate of drug-likeness (QED) is 0.204. The van der Waals surface area contributed by atoms with Gasteiger partial charge in [0.05, 0.1) is 22.6 Å². The standard InChI is InChI=1S/C21H15O.BF4/c1-3-9-16(10-4-1)20-15-18-13-7-8-14-19(18)21(22-20)17-11-5-2-6-12-17;2-1(3,4)5/h1-15H;/q+1;-1. The van der Waals surface area contributed by atoms with Crippen molar-refractivity contribution in [2.45, 2.75) is 0 Å². The molecule has 0 fully saturated rings. The van der Waals surface area contributed by atoms with Crippen LogP contribution in [0.1, 0.15) is 0 Å². The van der Waals surface area contributed by atoms with Crippen LogP contribution in [0.4, 0.5) is 17.3 Å². The van der Waals surface area contributed by atoms with Crippen LogP contribution < -0.4 is 0 Å². The van der Waals surface area contributed by atoms with Gasteiger partial charge in [-0.2, -0.15) is 0 Å². The molecule has 136 valence electrons. The maximum absolute atomic E-state index is 9.75. The topological polar surface area (TPSA) is 11.3 Å². The molecule has 1 aromatic heterocycles. The minimum atomic E-state index is -6.00. The average molecular weight is 370 g/mol. The molecule has 0 saturated heterocycles. The number of hydrogen-bond donors (Lipinski definition) is 0. The Bertz CT molecular complexity index is 1010. The second-order valence-electron chi connectivity index (χ2n) is 5.75. The van der Waals surface area contributed by atoms with Gasteiger partial charge in [0.15, 0.2) is 0 Å². The molecular formula is C21H15BF4O. The molecule has 0 aliphatic rings. The van der Waals surface area contributed by atoms with E-state index >= 15 is 0 Å². The Morgan fingerprint density at radius 2 is 1.07 bits per heavy atom. The molecule has 4 aromatic rings. The molecule has 0 saturated carbocycles. The van der Waals surface area contributed by atoms with Crippen molar-refractivity contribution in [2.24, 2.45) is 0 Å². The summed E-state index contributed by atoms with van der Waals surface area (Å²) in [4.78, 5) is 0. The van der Waals surface area contributed by atoms with Gasteiger partial charge in [-0.3, -0.25) is 0 Å². The third-order valence-corrected chi connectivity index (χ3v) is 3.80. The van der Waals surface area contributed by atoms with Gasteiger partial charge in [0, 0.05) is 5.39 Å². The Hall–Kier alpha value is -3.15. The molecule has 0 spiro atoms. The molecule has 0 radical (unpaired) electrons. The molecule has 0 aliphatic carbocycles. The number of rotatable bonds is 2. The Morgan fingerprint density at radius 3 is 1.67 bits per heavy atom. The van der Waals surface area contributed by atoms with Crippen LogP contribution in [0.3, 0.4) is 0 Å². The molecule has 0 unspecified atom stereocenters. The summed E-state index contributed by atoms with van der Waals surface area (Å²) in [6, 6.07) is 30.9. The number of halogens is 4. The van der Waals surface area contributed by atoms with Gasteiger partial charge in [0.25, 0.3) is 0 Å². The summed E-state index contributed by atoms with van der Waals surface area (Å²) in [5, 5.41) is 2.32. The van der Waals surface area contributed by atoms with Gasteiger partial charge in [0.1, 0.15) is 0 Å². The molecule has 1 heterocycles. The molecule has 1 nitrogen and oxygen atoms in total. The molecule has 3 aromatic carbocycles. The van der Waals surface area contributed by atoms with Gasteiger partial charge in [-0.1, -0.05) is 54.6 Å². The van der Waals surface area contributed by atoms with Gasteiger partial charge in [-0.05, 0) is 30.3 Å². The number of hydrogen-bond acceptors (Lipinski definition) is 0. The third kappa shape index (κ3) is 5.17. The van der Waals surface area contributed by atoms with Crippen LogP contribution in [0.2, 0.25) is 0 Å². The fourth-order valence-electron chi connectivity index (χ4n) is 2.71. The van der Waals surface area contributed by atoms with Crippen molar-refractivity contribution in [1.29, 1.82) is 0 Å². The summed E-state index contributed by atoms with van der Waals surface area (Å²) < 4.78 is 45.3. The van der Waals surface area contributed by atoms with E-state index in [1.807, 2.05) is 42.5 Å². The molecule has 0 bridgehead atoms. The molecule has 0 aliphatic heterocycles. The van der Waals surface area contributed by atoms with E-state index in [-0.39, 0.29) is 0 Å². The normalized spacial score (nSPS) is 11.0. The minimum Gasteiger partial charge on any atom is -0.418 e. The average Bonchev–Trinajstić information content (AvgIpc) is 2.67. The van der Waals surface area contributed by atoms with Crippen molar-refractivity contribution >= 4 is 18.0 Å². The van der Waals surface area contributed by atoms with Crippen molar-refractivity contribution in [1.82, 2.24) is 0 Å². The predicted octanol–water partition coefficient (Wildman–Crippen LogP) is 7.35. The fourth-order valence-corrected chi connectivity index (χ4v) is 2.71. The van der Waals surface area contributed by atoms with Crippen LogP contribution in [0, 0.1) is 0 Å². The van der Waals surface area contributed by atoms with E-state index < -0.39 is 7.25 Å². The van der Waals surface area contributed by atoms with Crippen molar-refractivity contribution in [3.8, 4) is 22.6 Å². The molecule has 4 rings (SSSR count). The molecule has 0 amide bonds. The van der Waals surface area contributed by atoms with Crippen molar-refractivity contribution < 1.29 is 21.7 Å². The first-order valence-electron chi connectivity index (χ1n) is 8.26. The summed E-state index contributed by atoms with van der Waals surface area (Å²) in [7, 11) is -6.00. The lowest BCUT2D eigenvalue weighted by Crippen LogP contribution is -2.02. The maximum atomic E-state index is 9.75. The predicted molar refractivity (Wildman–Crippen MR) is 102 cm³/mol. The van der Waals surface area contributed by atoms with E-state index in [0.29, 0.717) is 0 Å². The van der Waals surface area contributed by atoms with Crippen LogP contribution in [0.25, 0.3) is 33.4 Å². The molecule has 0 atom stereocenters. The minimum absolute atomic E-state index is 0.887. The van der Waals surface area contributed by atoms with E-state index in [2.05, 4.69) is 48.5 Å². The lowest BCUT2D eigenvalue weighted by molar-refractivity contribution is 0.368. The van der Waals surface area contributed by atoms with Gasteiger partial charge in [-0.25, -0.2) is 4.42 Å².